The molecule has 6 rings (SSSR count). The second-order valence-electron chi connectivity index (χ2n) is 14.4. The van der Waals surface area contributed by atoms with E-state index in [0.717, 1.165) is 40.7 Å². The van der Waals surface area contributed by atoms with Crippen LogP contribution in [0.25, 0.3) is 0 Å². The molecule has 3 aliphatic heterocycles. The van der Waals surface area contributed by atoms with Gasteiger partial charge in [-0.3, -0.25) is 14.4 Å². The smallest absolute Gasteiger partial charge is 0.264 e. The average Bonchev–Trinajstić information content (AvgIpc) is 3.52. The maximum Gasteiger partial charge on any atom is 0.264 e. The van der Waals surface area contributed by atoms with Crippen molar-refractivity contribution in [2.75, 3.05) is 36.5 Å². The Kier molecular flexibility index (Phi) is 11.0. The molecule has 12 heteroatoms. The number of piperidine rings is 1. The van der Waals surface area contributed by atoms with Crippen LogP contribution < -0.4 is 15.5 Å². The van der Waals surface area contributed by atoms with Gasteiger partial charge in [-0.1, -0.05) is 65.3 Å². The Balaban J connectivity index is 1.26. The lowest BCUT2D eigenvalue weighted by atomic mass is 9.82. The van der Waals surface area contributed by atoms with E-state index in [0.29, 0.717) is 24.3 Å². The summed E-state index contributed by atoms with van der Waals surface area (Å²) < 4.78 is 7.69. The number of carbonyl (C=O) groups is 3. The largest absolute Gasteiger partial charge is 0.432 e. The molecule has 0 aliphatic carbocycles. The maximum atomic E-state index is 14.8. The number of aliphatic hydroxyl groups excluding tert-OH is 1. The third-order valence-electron chi connectivity index (χ3n) is 10.5. The first-order valence-corrected chi connectivity index (χ1v) is 21.3. The van der Waals surface area contributed by atoms with Gasteiger partial charge in [0.15, 0.2) is 13.9 Å². The highest BCUT2D eigenvalue weighted by atomic mass is 79.9. The van der Waals surface area contributed by atoms with E-state index in [9.17, 15) is 24.3 Å². The molecule has 2 saturated heterocycles. The fourth-order valence-corrected chi connectivity index (χ4v) is 11.0. The summed E-state index contributed by atoms with van der Waals surface area (Å²) in [7, 11) is -3.00. The standard InChI is InChI=1S/C38H47BrN4O6Si/c1-25-35(50(2,3)48)33(21-34(45)42(18-19-44)23-26-8-5-4-6-9-26)49-38(25)31-20-29(39)13-16-32(31)43(37(38)47)24-27-11-14-30(15-12-27)41-36(46)28-10-7-17-40-22-28/h4-6,8-9,11-16,20,25,28,33,35,40,44,48H,7,10,17-19,21-24H2,1-3H3,(H,41,46)/t25-,28?,33+,35-,38+/m1/s1. The van der Waals surface area contributed by atoms with E-state index in [1.54, 1.807) is 9.80 Å². The van der Waals surface area contributed by atoms with Gasteiger partial charge < -0.3 is 35.1 Å². The van der Waals surface area contributed by atoms with Crippen molar-refractivity contribution in [1.29, 1.82) is 0 Å². The van der Waals surface area contributed by atoms with Crippen molar-refractivity contribution >= 4 is 53.3 Å². The van der Waals surface area contributed by atoms with Gasteiger partial charge in [-0.25, -0.2) is 0 Å². The van der Waals surface area contributed by atoms with Crippen LogP contribution in [0.5, 0.6) is 0 Å². The van der Waals surface area contributed by atoms with E-state index in [4.69, 9.17) is 4.74 Å². The van der Waals surface area contributed by atoms with Crippen molar-refractivity contribution in [3.63, 3.8) is 0 Å². The summed E-state index contributed by atoms with van der Waals surface area (Å²) in [6.07, 6.45) is 1.11. The van der Waals surface area contributed by atoms with Gasteiger partial charge in [-0.15, -0.1) is 0 Å². The van der Waals surface area contributed by atoms with Crippen LogP contribution >= 0.6 is 15.9 Å². The highest BCUT2D eigenvalue weighted by Crippen LogP contribution is 2.60. The Bertz CT molecular complexity index is 1700. The molecule has 0 radical (unpaired) electrons. The van der Waals surface area contributed by atoms with Crippen LogP contribution in [0.3, 0.4) is 0 Å². The van der Waals surface area contributed by atoms with E-state index < -0.39 is 31.5 Å². The van der Waals surface area contributed by atoms with Crippen LogP contribution in [0.15, 0.2) is 77.3 Å². The Morgan fingerprint density at radius 1 is 1.10 bits per heavy atom. The first kappa shape index (κ1) is 36.4. The minimum Gasteiger partial charge on any atom is -0.432 e. The van der Waals surface area contributed by atoms with Gasteiger partial charge >= 0.3 is 0 Å². The molecule has 2 fully saturated rings. The molecule has 3 aromatic carbocycles. The Hall–Kier alpha value is -3.39. The van der Waals surface area contributed by atoms with Crippen LogP contribution in [0.4, 0.5) is 11.4 Å². The SMILES string of the molecule is C[C@@H]1[C@@H]([Si](C)(C)O)[C@H](CC(=O)N(CCO)Cc2ccccc2)O[C@@]12C(=O)N(Cc1ccc(NC(=O)C3CCCNC3)cc1)c1ccc(Br)cc12. The molecule has 1 spiro atoms. The number of fused-ring (bicyclic) bond motifs is 2. The number of hydrogen-bond donors (Lipinski definition) is 4. The molecular formula is C38H47BrN4O6Si. The second kappa shape index (κ2) is 15.1. The number of aliphatic hydroxyl groups is 1. The minimum absolute atomic E-state index is 0.00554. The highest BCUT2D eigenvalue weighted by Gasteiger charge is 2.66. The van der Waals surface area contributed by atoms with Crippen LogP contribution in [-0.2, 0) is 37.8 Å². The van der Waals surface area contributed by atoms with E-state index >= 15 is 0 Å². The Morgan fingerprint density at radius 3 is 2.50 bits per heavy atom. The molecule has 266 valence electrons. The molecule has 4 N–H and O–H groups in total. The van der Waals surface area contributed by atoms with Crippen molar-refractivity contribution in [2.45, 2.75) is 69.6 Å². The molecule has 1 unspecified atom stereocenters. The summed E-state index contributed by atoms with van der Waals surface area (Å²) >= 11 is 3.61. The molecule has 5 atom stereocenters. The predicted molar refractivity (Wildman–Crippen MR) is 199 cm³/mol. The molecule has 0 aromatic heterocycles. The van der Waals surface area contributed by atoms with Crippen LogP contribution in [0.1, 0.15) is 42.9 Å². The number of hydrogen-bond acceptors (Lipinski definition) is 7. The lowest BCUT2D eigenvalue weighted by molar-refractivity contribution is -0.150. The summed E-state index contributed by atoms with van der Waals surface area (Å²) in [5.41, 5.74) is 2.15. The number of benzene rings is 3. The number of carbonyl (C=O) groups excluding carboxylic acids is 3. The monoisotopic (exact) mass is 762 g/mol. The van der Waals surface area contributed by atoms with Crippen molar-refractivity contribution in [3.05, 3.63) is 94.0 Å². The van der Waals surface area contributed by atoms with Crippen molar-refractivity contribution in [1.82, 2.24) is 10.2 Å². The van der Waals surface area contributed by atoms with Crippen molar-refractivity contribution < 1.29 is 29.0 Å². The maximum absolute atomic E-state index is 14.8. The molecule has 3 aromatic rings. The minimum atomic E-state index is -3.00. The first-order chi connectivity index (χ1) is 23.9. The zero-order valence-electron chi connectivity index (χ0n) is 28.9. The zero-order valence-corrected chi connectivity index (χ0v) is 31.5. The van der Waals surface area contributed by atoms with Crippen LogP contribution in [-0.4, -0.2) is 73.2 Å². The third kappa shape index (κ3) is 7.33. The number of halogens is 1. The molecule has 50 heavy (non-hydrogen) atoms. The van der Waals surface area contributed by atoms with Gasteiger partial charge in [0.25, 0.3) is 5.91 Å². The van der Waals surface area contributed by atoms with Crippen molar-refractivity contribution in [2.24, 2.45) is 11.8 Å². The number of nitrogens with zero attached hydrogens (tertiary/aromatic N) is 2. The lowest BCUT2D eigenvalue weighted by Crippen LogP contribution is -2.46. The van der Waals surface area contributed by atoms with E-state index in [1.165, 1.54) is 0 Å². The van der Waals surface area contributed by atoms with Gasteiger partial charge in [0, 0.05) is 46.8 Å². The van der Waals surface area contributed by atoms with Gasteiger partial charge in [-0.05, 0) is 73.9 Å². The van der Waals surface area contributed by atoms with Gasteiger partial charge in [0.1, 0.15) is 0 Å². The van der Waals surface area contributed by atoms with Crippen LogP contribution in [0.2, 0.25) is 18.6 Å². The molecule has 3 aliphatic rings. The number of anilines is 2. The number of amides is 3. The number of nitrogens with one attached hydrogen (secondary N) is 2. The summed E-state index contributed by atoms with van der Waals surface area (Å²) in [5, 5.41) is 16.1. The summed E-state index contributed by atoms with van der Waals surface area (Å²) in [4.78, 5) is 56.5. The molecule has 10 nitrogen and oxygen atoms in total. The third-order valence-corrected chi connectivity index (χ3v) is 13.5. The summed E-state index contributed by atoms with van der Waals surface area (Å²) in [6, 6.07) is 22.9. The van der Waals surface area contributed by atoms with Gasteiger partial charge in [-0.2, -0.15) is 0 Å². The predicted octanol–water partition coefficient (Wildman–Crippen LogP) is 5.14. The summed E-state index contributed by atoms with van der Waals surface area (Å²) in [5.74, 6) is -0.905. The molecule has 3 amide bonds. The van der Waals surface area contributed by atoms with E-state index in [2.05, 4.69) is 26.6 Å². The quantitative estimate of drug-likeness (QED) is 0.199. The average molecular weight is 764 g/mol. The molecular weight excluding hydrogens is 716 g/mol. The Morgan fingerprint density at radius 2 is 1.84 bits per heavy atom. The summed E-state index contributed by atoms with van der Waals surface area (Å²) in [6.45, 7) is 7.85. The van der Waals surface area contributed by atoms with Crippen LogP contribution in [0, 0.1) is 11.8 Å². The normalized spacial score (nSPS) is 24.8. The topological polar surface area (TPSA) is 131 Å². The molecule has 0 saturated carbocycles. The second-order valence-corrected chi connectivity index (χ2v) is 19.3. The molecule has 0 bridgehead atoms. The Labute approximate surface area is 303 Å². The molecule has 3 heterocycles. The fourth-order valence-electron chi connectivity index (χ4n) is 8.12. The highest BCUT2D eigenvalue weighted by molar-refractivity contribution is 9.10. The number of ether oxygens (including phenoxy) is 1. The fraction of sp³-hybridized carbons (Fsp3) is 0.447. The zero-order chi connectivity index (χ0) is 35.6. The number of rotatable bonds is 11. The van der Waals surface area contributed by atoms with E-state index in [1.807, 2.05) is 92.8 Å². The van der Waals surface area contributed by atoms with Crippen molar-refractivity contribution in [3.8, 4) is 0 Å². The lowest BCUT2D eigenvalue weighted by Gasteiger charge is -2.32. The van der Waals surface area contributed by atoms with E-state index in [-0.39, 0.29) is 49.8 Å². The van der Waals surface area contributed by atoms with Gasteiger partial charge in [0.05, 0.1) is 37.3 Å². The van der Waals surface area contributed by atoms with Gasteiger partial charge in [0.2, 0.25) is 11.8 Å². The first-order valence-electron chi connectivity index (χ1n) is 17.5.